The zero-order chi connectivity index (χ0) is 22.5. The maximum Gasteiger partial charge on any atom is 0.267 e. The van der Waals surface area contributed by atoms with Gasteiger partial charge in [0.1, 0.15) is 6.61 Å². The Labute approximate surface area is 186 Å². The van der Waals surface area contributed by atoms with Crippen LogP contribution >= 0.6 is 0 Å². The van der Waals surface area contributed by atoms with Gasteiger partial charge >= 0.3 is 0 Å². The number of rotatable bonds is 5. The summed E-state index contributed by atoms with van der Waals surface area (Å²) in [7, 11) is 0. The molecule has 4 rings (SSSR count). The van der Waals surface area contributed by atoms with Crippen LogP contribution < -0.4 is 20.1 Å². The number of carbonyl (C=O) groups is 3. The largest absolute Gasteiger partial charge is 0.485 e. The number of nitrogens with zero attached hydrogens (tertiary/aromatic N) is 1. The second kappa shape index (κ2) is 9.55. The highest BCUT2D eigenvalue weighted by Gasteiger charge is 2.33. The molecule has 8 heteroatoms. The summed E-state index contributed by atoms with van der Waals surface area (Å²) in [6, 6.07) is 13.9. The lowest BCUT2D eigenvalue weighted by atomic mass is 10.0. The van der Waals surface area contributed by atoms with E-state index in [-0.39, 0.29) is 30.4 Å². The van der Waals surface area contributed by atoms with Crippen molar-refractivity contribution < 1.29 is 23.9 Å². The van der Waals surface area contributed by atoms with Gasteiger partial charge in [0.05, 0.1) is 0 Å². The number of fused-ring (bicyclic) bond motifs is 1. The fourth-order valence-electron chi connectivity index (χ4n) is 3.76. The van der Waals surface area contributed by atoms with Gasteiger partial charge in [0, 0.05) is 30.4 Å². The molecular formula is C24H25N3O5. The smallest absolute Gasteiger partial charge is 0.267 e. The van der Waals surface area contributed by atoms with E-state index >= 15 is 0 Å². The molecule has 1 atom stereocenters. The number of benzene rings is 2. The molecule has 2 heterocycles. The van der Waals surface area contributed by atoms with E-state index in [9.17, 15) is 14.4 Å². The van der Waals surface area contributed by atoms with Crippen molar-refractivity contribution in [2.45, 2.75) is 25.0 Å². The normalized spacial score (nSPS) is 17.9. The van der Waals surface area contributed by atoms with Crippen LogP contribution in [0.4, 0.5) is 5.69 Å². The van der Waals surface area contributed by atoms with E-state index in [0.29, 0.717) is 48.7 Å². The number of hydrogen-bond acceptors (Lipinski definition) is 5. The van der Waals surface area contributed by atoms with E-state index in [1.807, 2.05) is 18.2 Å². The fraction of sp³-hybridized carbons (Fsp3) is 0.292. The van der Waals surface area contributed by atoms with Crippen LogP contribution in [0.25, 0.3) is 0 Å². The van der Waals surface area contributed by atoms with E-state index in [4.69, 9.17) is 9.47 Å². The summed E-state index contributed by atoms with van der Waals surface area (Å²) in [5.74, 6) is 0.639. The third-order valence-corrected chi connectivity index (χ3v) is 5.53. The minimum Gasteiger partial charge on any atom is -0.485 e. The standard InChI is InChI=1S/C24H25N3O5/c1-2-22(28)25-17-9-7-16(8-10-17)23(29)26-18-11-13-27(14-12-18)24(30)21-15-31-19-5-3-4-6-20(19)32-21/h2-10,18,21H,1,11-15H2,(H,25,28)(H,26,29). The summed E-state index contributed by atoms with van der Waals surface area (Å²) in [6.07, 6.45) is 1.85. The first-order chi connectivity index (χ1) is 15.5. The molecule has 3 amide bonds. The minimum atomic E-state index is -0.656. The Morgan fingerprint density at radius 2 is 1.69 bits per heavy atom. The average Bonchev–Trinajstić information content (AvgIpc) is 2.84. The molecule has 2 aliphatic rings. The molecule has 32 heavy (non-hydrogen) atoms. The molecule has 1 saturated heterocycles. The van der Waals surface area contributed by atoms with Crippen LogP contribution in [0, 0.1) is 0 Å². The van der Waals surface area contributed by atoms with Crippen LogP contribution in [0.1, 0.15) is 23.2 Å². The van der Waals surface area contributed by atoms with Crippen molar-refractivity contribution in [3.8, 4) is 11.5 Å². The Balaban J connectivity index is 1.26. The molecule has 166 valence electrons. The van der Waals surface area contributed by atoms with Crippen LogP contribution in [-0.4, -0.2) is 54.5 Å². The molecule has 0 radical (unpaired) electrons. The van der Waals surface area contributed by atoms with E-state index in [2.05, 4.69) is 17.2 Å². The second-order valence-electron chi connectivity index (χ2n) is 7.71. The highest BCUT2D eigenvalue weighted by Crippen LogP contribution is 2.31. The molecule has 1 fully saturated rings. The Hall–Kier alpha value is -3.81. The molecule has 0 bridgehead atoms. The number of anilines is 1. The van der Waals surface area contributed by atoms with Crippen LogP contribution in [0.15, 0.2) is 61.2 Å². The van der Waals surface area contributed by atoms with Gasteiger partial charge in [0.25, 0.3) is 11.8 Å². The number of amides is 3. The first-order valence-electron chi connectivity index (χ1n) is 10.5. The number of piperidine rings is 1. The Bertz CT molecular complexity index is 1010. The number of para-hydroxylation sites is 2. The quantitative estimate of drug-likeness (QED) is 0.703. The van der Waals surface area contributed by atoms with Crippen molar-refractivity contribution in [3.05, 3.63) is 66.7 Å². The van der Waals surface area contributed by atoms with Gasteiger partial charge in [0.2, 0.25) is 12.0 Å². The summed E-state index contributed by atoms with van der Waals surface area (Å²) >= 11 is 0. The molecule has 0 aromatic heterocycles. The Kier molecular flexibility index (Phi) is 6.39. The summed E-state index contributed by atoms with van der Waals surface area (Å²) in [4.78, 5) is 38.5. The molecule has 2 aliphatic heterocycles. The molecule has 0 saturated carbocycles. The number of hydrogen-bond donors (Lipinski definition) is 2. The maximum atomic E-state index is 12.8. The average molecular weight is 435 g/mol. The Morgan fingerprint density at radius 3 is 2.38 bits per heavy atom. The number of likely N-dealkylation sites (tertiary alicyclic amines) is 1. The number of nitrogens with one attached hydrogen (secondary N) is 2. The molecule has 0 spiro atoms. The van der Waals surface area contributed by atoms with Crippen LogP contribution in [-0.2, 0) is 9.59 Å². The van der Waals surface area contributed by atoms with Crippen molar-refractivity contribution >= 4 is 23.4 Å². The van der Waals surface area contributed by atoms with Crippen LogP contribution in [0.5, 0.6) is 11.5 Å². The van der Waals surface area contributed by atoms with Gasteiger partial charge in [-0.15, -0.1) is 0 Å². The topological polar surface area (TPSA) is 97.0 Å². The number of carbonyl (C=O) groups excluding carboxylic acids is 3. The minimum absolute atomic E-state index is 0.0176. The predicted octanol–water partition coefficient (Wildman–Crippen LogP) is 2.37. The molecule has 8 nitrogen and oxygen atoms in total. The summed E-state index contributed by atoms with van der Waals surface area (Å²) in [5.41, 5.74) is 1.10. The fourth-order valence-corrected chi connectivity index (χ4v) is 3.76. The molecule has 2 N–H and O–H groups in total. The zero-order valence-corrected chi connectivity index (χ0v) is 17.6. The lowest BCUT2D eigenvalue weighted by molar-refractivity contribution is -0.142. The van der Waals surface area contributed by atoms with Crippen LogP contribution in [0.2, 0.25) is 0 Å². The highest BCUT2D eigenvalue weighted by atomic mass is 16.6. The Morgan fingerprint density at radius 1 is 1.00 bits per heavy atom. The second-order valence-corrected chi connectivity index (χ2v) is 7.71. The SMILES string of the molecule is C=CC(=O)Nc1ccc(C(=O)NC2CCN(C(=O)C3COc4ccccc4O3)CC2)cc1. The summed E-state index contributed by atoms with van der Waals surface area (Å²) in [6.45, 7) is 4.67. The zero-order valence-electron chi connectivity index (χ0n) is 17.6. The van der Waals surface area contributed by atoms with E-state index in [1.165, 1.54) is 6.08 Å². The van der Waals surface area contributed by atoms with Gasteiger partial charge in [-0.2, -0.15) is 0 Å². The van der Waals surface area contributed by atoms with Crippen molar-refractivity contribution in [1.29, 1.82) is 0 Å². The van der Waals surface area contributed by atoms with Gasteiger partial charge in [-0.1, -0.05) is 18.7 Å². The molecule has 2 aromatic carbocycles. The van der Waals surface area contributed by atoms with Crippen molar-refractivity contribution in [2.75, 3.05) is 25.0 Å². The first-order valence-corrected chi connectivity index (χ1v) is 10.5. The van der Waals surface area contributed by atoms with Gasteiger partial charge < -0.3 is 25.0 Å². The monoisotopic (exact) mass is 435 g/mol. The van der Waals surface area contributed by atoms with E-state index in [0.717, 1.165) is 0 Å². The van der Waals surface area contributed by atoms with Crippen LogP contribution in [0.3, 0.4) is 0 Å². The first kappa shape index (κ1) is 21.4. The van der Waals surface area contributed by atoms with Gasteiger partial charge in [-0.25, -0.2) is 0 Å². The van der Waals surface area contributed by atoms with Gasteiger partial charge in [-0.05, 0) is 55.3 Å². The third kappa shape index (κ3) is 4.91. The van der Waals surface area contributed by atoms with E-state index < -0.39 is 6.10 Å². The lowest BCUT2D eigenvalue weighted by Crippen LogP contribution is -2.52. The van der Waals surface area contributed by atoms with Crippen molar-refractivity contribution in [1.82, 2.24) is 10.2 Å². The lowest BCUT2D eigenvalue weighted by Gasteiger charge is -2.35. The highest BCUT2D eigenvalue weighted by molar-refractivity contribution is 5.99. The summed E-state index contributed by atoms with van der Waals surface area (Å²) in [5, 5.41) is 5.66. The molecule has 0 aliphatic carbocycles. The third-order valence-electron chi connectivity index (χ3n) is 5.53. The van der Waals surface area contributed by atoms with E-state index in [1.54, 1.807) is 35.2 Å². The summed E-state index contributed by atoms with van der Waals surface area (Å²) < 4.78 is 11.5. The van der Waals surface area contributed by atoms with Crippen molar-refractivity contribution in [3.63, 3.8) is 0 Å². The predicted molar refractivity (Wildman–Crippen MR) is 119 cm³/mol. The molecule has 2 aromatic rings. The van der Waals surface area contributed by atoms with Gasteiger partial charge in [0.15, 0.2) is 11.5 Å². The number of ether oxygens (including phenoxy) is 2. The van der Waals surface area contributed by atoms with Gasteiger partial charge in [-0.3, -0.25) is 14.4 Å². The van der Waals surface area contributed by atoms with Crippen molar-refractivity contribution in [2.24, 2.45) is 0 Å². The molecule has 1 unspecified atom stereocenters. The maximum absolute atomic E-state index is 12.8. The molecular weight excluding hydrogens is 410 g/mol.